The summed E-state index contributed by atoms with van der Waals surface area (Å²) in [7, 11) is 1.38. The number of nitrogens with zero attached hydrogens (tertiary/aromatic N) is 2. The third-order valence-corrected chi connectivity index (χ3v) is 4.80. The SMILES string of the molecule is CCCCCC(=O)c1ncncc1/C=C/C1OC(C)(C)OC1CCCC(=O)OC. The molecule has 1 aliphatic rings. The van der Waals surface area contributed by atoms with E-state index in [2.05, 4.69) is 21.6 Å². The largest absolute Gasteiger partial charge is 0.469 e. The first-order valence-electron chi connectivity index (χ1n) is 10.3. The fourth-order valence-corrected chi connectivity index (χ4v) is 3.35. The number of rotatable bonds is 11. The molecule has 2 heterocycles. The second-order valence-electron chi connectivity index (χ2n) is 7.67. The first-order valence-corrected chi connectivity index (χ1v) is 10.3. The Kier molecular flexibility index (Phi) is 8.92. The van der Waals surface area contributed by atoms with E-state index in [1.54, 1.807) is 6.20 Å². The summed E-state index contributed by atoms with van der Waals surface area (Å²) in [5.74, 6) is -0.918. The molecule has 1 saturated heterocycles. The highest BCUT2D eigenvalue weighted by atomic mass is 16.7. The van der Waals surface area contributed by atoms with E-state index in [1.165, 1.54) is 13.4 Å². The molecular formula is C22H32N2O5. The maximum Gasteiger partial charge on any atom is 0.305 e. The monoisotopic (exact) mass is 404 g/mol. The summed E-state index contributed by atoms with van der Waals surface area (Å²) >= 11 is 0. The van der Waals surface area contributed by atoms with Gasteiger partial charge in [0, 0.05) is 24.6 Å². The molecule has 160 valence electrons. The van der Waals surface area contributed by atoms with Gasteiger partial charge in [0.1, 0.15) is 18.1 Å². The molecule has 7 nitrogen and oxygen atoms in total. The number of carbonyl (C=O) groups excluding carboxylic acids is 2. The quantitative estimate of drug-likeness (QED) is 0.311. The summed E-state index contributed by atoms with van der Waals surface area (Å²) in [6.45, 7) is 5.83. The molecule has 2 atom stereocenters. The van der Waals surface area contributed by atoms with Gasteiger partial charge in [-0.1, -0.05) is 31.9 Å². The number of aromatic nitrogens is 2. The van der Waals surface area contributed by atoms with Crippen molar-refractivity contribution in [3.05, 3.63) is 29.9 Å². The highest BCUT2D eigenvalue weighted by molar-refractivity contribution is 5.97. The average Bonchev–Trinajstić information content (AvgIpc) is 3.00. The number of Topliss-reactive ketones (excluding diaryl/α,β-unsaturated/α-hetero) is 1. The molecule has 0 saturated carbocycles. The van der Waals surface area contributed by atoms with Gasteiger partial charge in [-0.15, -0.1) is 0 Å². The Morgan fingerprint density at radius 3 is 2.72 bits per heavy atom. The summed E-state index contributed by atoms with van der Waals surface area (Å²) in [6, 6.07) is 0. The van der Waals surface area contributed by atoms with Gasteiger partial charge in [-0.2, -0.15) is 0 Å². The lowest BCUT2D eigenvalue weighted by Crippen LogP contribution is -2.21. The Morgan fingerprint density at radius 1 is 1.21 bits per heavy atom. The molecule has 1 aromatic heterocycles. The Balaban J connectivity index is 2.06. The minimum Gasteiger partial charge on any atom is -0.469 e. The molecule has 0 aliphatic carbocycles. The van der Waals surface area contributed by atoms with Crippen molar-refractivity contribution in [2.75, 3.05) is 7.11 Å². The van der Waals surface area contributed by atoms with E-state index >= 15 is 0 Å². The fourth-order valence-electron chi connectivity index (χ4n) is 3.35. The molecule has 1 aromatic rings. The predicted octanol–water partition coefficient (Wildman–Crippen LogP) is 4.12. The van der Waals surface area contributed by atoms with Gasteiger partial charge in [-0.05, 0) is 33.1 Å². The predicted molar refractivity (Wildman–Crippen MR) is 109 cm³/mol. The molecule has 0 spiro atoms. The lowest BCUT2D eigenvalue weighted by Gasteiger charge is -2.16. The lowest BCUT2D eigenvalue weighted by molar-refractivity contribution is -0.144. The van der Waals surface area contributed by atoms with Gasteiger partial charge in [0.15, 0.2) is 11.6 Å². The number of esters is 1. The summed E-state index contributed by atoms with van der Waals surface area (Å²) < 4.78 is 16.7. The van der Waals surface area contributed by atoms with Crippen molar-refractivity contribution in [2.45, 2.75) is 83.7 Å². The van der Waals surface area contributed by atoms with Crippen molar-refractivity contribution in [3.63, 3.8) is 0 Å². The van der Waals surface area contributed by atoms with E-state index in [4.69, 9.17) is 9.47 Å². The third kappa shape index (κ3) is 7.33. The maximum atomic E-state index is 12.5. The number of carbonyl (C=O) groups is 2. The molecule has 2 rings (SSSR count). The third-order valence-electron chi connectivity index (χ3n) is 4.80. The van der Waals surface area contributed by atoms with Crippen molar-refractivity contribution in [1.82, 2.24) is 9.97 Å². The van der Waals surface area contributed by atoms with Crippen LogP contribution in [0.2, 0.25) is 0 Å². The van der Waals surface area contributed by atoms with E-state index in [-0.39, 0.29) is 24.0 Å². The molecule has 1 aliphatic heterocycles. The summed E-state index contributed by atoms with van der Waals surface area (Å²) in [6.07, 6.45) is 11.4. The first kappa shape index (κ1) is 23.2. The van der Waals surface area contributed by atoms with Crippen LogP contribution in [-0.4, -0.2) is 46.8 Å². The van der Waals surface area contributed by atoms with Gasteiger partial charge in [0.05, 0.1) is 13.2 Å². The van der Waals surface area contributed by atoms with Gasteiger partial charge in [-0.3, -0.25) is 9.59 Å². The van der Waals surface area contributed by atoms with Crippen molar-refractivity contribution < 1.29 is 23.8 Å². The van der Waals surface area contributed by atoms with E-state index < -0.39 is 5.79 Å². The van der Waals surface area contributed by atoms with Crippen LogP contribution in [0.4, 0.5) is 0 Å². The van der Waals surface area contributed by atoms with Gasteiger partial charge < -0.3 is 14.2 Å². The van der Waals surface area contributed by atoms with E-state index in [0.717, 1.165) is 19.3 Å². The molecule has 7 heteroatoms. The molecular weight excluding hydrogens is 372 g/mol. The van der Waals surface area contributed by atoms with Crippen molar-refractivity contribution >= 4 is 17.8 Å². The number of unbranched alkanes of at least 4 members (excludes halogenated alkanes) is 2. The summed E-state index contributed by atoms with van der Waals surface area (Å²) in [5, 5.41) is 0. The Labute approximate surface area is 172 Å². The second-order valence-corrected chi connectivity index (χ2v) is 7.67. The fraction of sp³-hybridized carbons (Fsp3) is 0.636. The molecule has 1 fully saturated rings. The standard InChI is InChI=1S/C22H32N2O5/c1-5-6-7-9-17(25)21-16(14-23-15-24-21)12-13-19-18(28-22(2,3)29-19)10-8-11-20(26)27-4/h12-15,18-19H,5-11H2,1-4H3/b13-12+. The van der Waals surface area contributed by atoms with Gasteiger partial charge in [-0.25, -0.2) is 9.97 Å². The smallest absolute Gasteiger partial charge is 0.305 e. The number of methoxy groups -OCH3 is 1. The zero-order valence-corrected chi connectivity index (χ0v) is 17.8. The van der Waals surface area contributed by atoms with E-state index in [1.807, 2.05) is 26.0 Å². The first-order chi connectivity index (χ1) is 13.9. The lowest BCUT2D eigenvalue weighted by atomic mass is 10.0. The average molecular weight is 405 g/mol. The van der Waals surface area contributed by atoms with Crippen molar-refractivity contribution in [1.29, 1.82) is 0 Å². The molecule has 29 heavy (non-hydrogen) atoms. The zero-order valence-electron chi connectivity index (χ0n) is 17.8. The van der Waals surface area contributed by atoms with Crippen molar-refractivity contribution in [2.24, 2.45) is 0 Å². The molecule has 0 amide bonds. The summed E-state index contributed by atoms with van der Waals surface area (Å²) in [5.41, 5.74) is 1.11. The van der Waals surface area contributed by atoms with Crippen LogP contribution >= 0.6 is 0 Å². The number of hydrogen-bond donors (Lipinski definition) is 0. The van der Waals surface area contributed by atoms with Crippen LogP contribution in [0.5, 0.6) is 0 Å². The Morgan fingerprint density at radius 2 is 2.00 bits per heavy atom. The summed E-state index contributed by atoms with van der Waals surface area (Å²) in [4.78, 5) is 32.1. The molecule has 0 bridgehead atoms. The topological polar surface area (TPSA) is 87.6 Å². The van der Waals surface area contributed by atoms with Gasteiger partial charge in [0.25, 0.3) is 0 Å². The number of ether oxygens (including phenoxy) is 3. The van der Waals surface area contributed by atoms with Gasteiger partial charge >= 0.3 is 5.97 Å². The van der Waals surface area contributed by atoms with Crippen LogP contribution in [0.3, 0.4) is 0 Å². The zero-order chi connectivity index (χ0) is 21.3. The molecule has 0 N–H and O–H groups in total. The van der Waals surface area contributed by atoms with E-state index in [9.17, 15) is 9.59 Å². The highest BCUT2D eigenvalue weighted by Gasteiger charge is 2.39. The Hall–Kier alpha value is -2.12. The maximum absolute atomic E-state index is 12.5. The van der Waals surface area contributed by atoms with Gasteiger partial charge in [0.2, 0.25) is 0 Å². The highest BCUT2D eigenvalue weighted by Crippen LogP contribution is 2.32. The number of hydrogen-bond acceptors (Lipinski definition) is 7. The molecule has 0 radical (unpaired) electrons. The minimum absolute atomic E-state index is 0.0269. The Bertz CT molecular complexity index is 717. The van der Waals surface area contributed by atoms with Crippen LogP contribution in [0.1, 0.15) is 81.8 Å². The molecule has 0 aromatic carbocycles. The number of ketones is 1. The van der Waals surface area contributed by atoms with Crippen molar-refractivity contribution in [3.8, 4) is 0 Å². The van der Waals surface area contributed by atoms with Crippen LogP contribution in [0, 0.1) is 0 Å². The molecule has 2 unspecified atom stereocenters. The van der Waals surface area contributed by atoms with Crippen LogP contribution < -0.4 is 0 Å². The minimum atomic E-state index is -0.711. The second kappa shape index (κ2) is 11.2. The van der Waals surface area contributed by atoms with Crippen LogP contribution in [0.15, 0.2) is 18.6 Å². The van der Waals surface area contributed by atoms with Crippen LogP contribution in [0.25, 0.3) is 6.08 Å². The van der Waals surface area contributed by atoms with E-state index in [0.29, 0.717) is 36.9 Å². The van der Waals surface area contributed by atoms with Crippen LogP contribution in [-0.2, 0) is 19.0 Å². The normalized spacial score (nSPS) is 20.8.